The van der Waals surface area contributed by atoms with E-state index in [0.717, 1.165) is 18.2 Å². The molecule has 1 amide bonds. The van der Waals surface area contributed by atoms with E-state index in [1.807, 2.05) is 12.2 Å². The topological polar surface area (TPSA) is 204 Å². The molecule has 2 aromatic rings. The van der Waals surface area contributed by atoms with Crippen LogP contribution in [0.3, 0.4) is 0 Å². The highest BCUT2D eigenvalue weighted by atomic mass is 19.4. The minimum Gasteiger partial charge on any atom is -0.493 e. The van der Waals surface area contributed by atoms with E-state index < -0.39 is 66.1 Å². The van der Waals surface area contributed by atoms with Crippen molar-refractivity contribution in [3.63, 3.8) is 0 Å². The number of amides is 1. The predicted octanol–water partition coefficient (Wildman–Crippen LogP) is 4.52. The molecule has 0 aromatic heterocycles. The summed E-state index contributed by atoms with van der Waals surface area (Å²) in [5.41, 5.74) is 0.189. The van der Waals surface area contributed by atoms with Crippen LogP contribution in [0.5, 0.6) is 11.5 Å². The number of unbranched alkanes of at least 4 members (excludes halogenated alkanes) is 1. The van der Waals surface area contributed by atoms with Crippen molar-refractivity contribution in [3.05, 3.63) is 99.6 Å². The lowest BCUT2D eigenvalue weighted by atomic mass is 9.89. The second kappa shape index (κ2) is 22.2. The Bertz CT molecular complexity index is 1680. The fourth-order valence-electron chi connectivity index (χ4n) is 5.79. The van der Waals surface area contributed by atoms with Gasteiger partial charge in [0, 0.05) is 24.8 Å². The Morgan fingerprint density at radius 2 is 1.85 bits per heavy atom. The molecule has 1 aliphatic carbocycles. The largest absolute Gasteiger partial charge is 0.493 e. The van der Waals surface area contributed by atoms with Crippen LogP contribution in [0.4, 0.5) is 13.2 Å². The summed E-state index contributed by atoms with van der Waals surface area (Å²) in [5.74, 6) is -2.39. The van der Waals surface area contributed by atoms with Gasteiger partial charge in [-0.25, -0.2) is 9.59 Å². The number of carbonyl (C=O) groups is 3. The summed E-state index contributed by atoms with van der Waals surface area (Å²) in [6, 6.07) is 9.39. The molecule has 4 N–H and O–H groups in total. The average Bonchev–Trinajstić information content (AvgIpc) is 3.41. The number of allylic oxidation sites excluding steroid dienone is 2. The number of esters is 2. The van der Waals surface area contributed by atoms with Crippen LogP contribution in [0, 0.1) is 22.0 Å². The number of halogens is 3. The first kappa shape index (κ1) is 44.1. The number of hydrogen-bond acceptors (Lipinski definition) is 12. The van der Waals surface area contributed by atoms with Gasteiger partial charge in [-0.2, -0.15) is 13.2 Å². The van der Waals surface area contributed by atoms with E-state index in [0.29, 0.717) is 30.4 Å². The van der Waals surface area contributed by atoms with E-state index in [1.165, 1.54) is 43.5 Å². The van der Waals surface area contributed by atoms with Crippen LogP contribution in [0.2, 0.25) is 0 Å². The van der Waals surface area contributed by atoms with E-state index in [2.05, 4.69) is 10.2 Å². The molecule has 1 aliphatic rings. The Labute approximate surface area is 315 Å². The highest BCUT2D eigenvalue weighted by Crippen LogP contribution is 2.36. The number of aryl methyl sites for hydroxylation is 1. The Morgan fingerprint density at radius 1 is 1.07 bits per heavy atom. The van der Waals surface area contributed by atoms with Crippen molar-refractivity contribution in [2.75, 3.05) is 26.9 Å². The molecule has 0 bridgehead atoms. The Hall–Kier alpha value is -5.26. The van der Waals surface area contributed by atoms with Crippen LogP contribution in [-0.4, -0.2) is 83.4 Å². The smallest absolute Gasteiger partial charge is 0.416 e. The van der Waals surface area contributed by atoms with Crippen LogP contribution in [-0.2, 0) is 36.6 Å². The van der Waals surface area contributed by atoms with Crippen molar-refractivity contribution in [1.82, 2.24) is 5.32 Å². The van der Waals surface area contributed by atoms with Gasteiger partial charge in [0.25, 0.3) is 5.09 Å². The molecule has 0 spiro atoms. The summed E-state index contributed by atoms with van der Waals surface area (Å²) >= 11 is 0. The second-order valence-electron chi connectivity index (χ2n) is 12.6. The molecular formula is C38H45F3N2O12. The van der Waals surface area contributed by atoms with Gasteiger partial charge in [-0.1, -0.05) is 48.6 Å². The first-order valence-electron chi connectivity index (χ1n) is 17.5. The zero-order valence-electron chi connectivity index (χ0n) is 30.1. The monoisotopic (exact) mass is 778 g/mol. The van der Waals surface area contributed by atoms with Gasteiger partial charge < -0.3 is 39.7 Å². The Kier molecular flexibility index (Phi) is 17.8. The summed E-state index contributed by atoms with van der Waals surface area (Å²) in [6.07, 6.45) is 4.49. The second-order valence-corrected chi connectivity index (χ2v) is 12.6. The number of nitrogens with one attached hydrogen (secondary N) is 1. The van der Waals surface area contributed by atoms with Crippen LogP contribution in [0.25, 0.3) is 6.08 Å². The summed E-state index contributed by atoms with van der Waals surface area (Å²) in [6.45, 7) is -1.12. The number of rotatable bonds is 21. The zero-order chi connectivity index (χ0) is 40.4. The molecule has 3 rings (SSSR count). The fourth-order valence-corrected chi connectivity index (χ4v) is 5.79. The molecule has 0 unspecified atom stereocenters. The van der Waals surface area contributed by atoms with Gasteiger partial charge in [0.1, 0.15) is 19.8 Å². The van der Waals surface area contributed by atoms with Crippen LogP contribution in [0.1, 0.15) is 55.2 Å². The molecule has 0 saturated heterocycles. The molecule has 2 aromatic carbocycles. The number of ether oxygens (including phenoxy) is 3. The van der Waals surface area contributed by atoms with Crippen LogP contribution in [0.15, 0.2) is 72.8 Å². The number of nitrogens with zero attached hydrogens (tertiary/aromatic N) is 1. The molecular weight excluding hydrogens is 733 g/mol. The zero-order valence-corrected chi connectivity index (χ0v) is 30.1. The minimum absolute atomic E-state index is 0.0753. The molecule has 14 nitrogen and oxygen atoms in total. The fraction of sp³-hybridized carbons (Fsp3) is 0.447. The number of aliphatic hydroxyl groups excluding tert-OH is 3. The summed E-state index contributed by atoms with van der Waals surface area (Å²) < 4.78 is 54.2. The number of hydrogen-bond donors (Lipinski definition) is 4. The lowest BCUT2D eigenvalue weighted by Gasteiger charge is -2.19. The maximum Gasteiger partial charge on any atom is 0.416 e. The van der Waals surface area contributed by atoms with Crippen molar-refractivity contribution in [2.24, 2.45) is 11.8 Å². The van der Waals surface area contributed by atoms with Gasteiger partial charge in [0.2, 0.25) is 5.91 Å². The first-order chi connectivity index (χ1) is 26.2. The number of alkyl halides is 3. The molecule has 1 saturated carbocycles. The third kappa shape index (κ3) is 15.9. The molecule has 0 heterocycles. The maximum atomic E-state index is 13.0. The van der Waals surface area contributed by atoms with E-state index in [9.17, 15) is 53.0 Å². The van der Waals surface area contributed by atoms with Crippen molar-refractivity contribution >= 4 is 23.9 Å². The number of methoxy groups -OCH3 is 1. The summed E-state index contributed by atoms with van der Waals surface area (Å²) in [4.78, 5) is 50.5. The summed E-state index contributed by atoms with van der Waals surface area (Å²) in [7, 11) is 1.35. The SMILES string of the molecule is COc1cc(/C=C/C(=O)OCCO[N+](=O)[O-])ccc1OC(=O)CNC(=O)CCC/C=C\C[C@@H]1[C@@H](/C=C/[C@@H](O)CCc2cccc(C(F)(F)F)c2)[C@H](O)C[C@@H]1O. The van der Waals surface area contributed by atoms with Gasteiger partial charge in [-0.05, 0) is 73.4 Å². The molecule has 0 radical (unpaired) electrons. The van der Waals surface area contributed by atoms with E-state index in [4.69, 9.17) is 14.2 Å². The maximum absolute atomic E-state index is 13.0. The van der Waals surface area contributed by atoms with E-state index >= 15 is 0 Å². The third-order valence-electron chi connectivity index (χ3n) is 8.58. The quantitative estimate of drug-likeness (QED) is 0.0263. The van der Waals surface area contributed by atoms with Crippen molar-refractivity contribution in [1.29, 1.82) is 0 Å². The predicted molar refractivity (Wildman–Crippen MR) is 191 cm³/mol. The molecule has 55 heavy (non-hydrogen) atoms. The van der Waals surface area contributed by atoms with Crippen LogP contribution < -0.4 is 14.8 Å². The lowest BCUT2D eigenvalue weighted by Crippen LogP contribution is -2.31. The lowest BCUT2D eigenvalue weighted by molar-refractivity contribution is -0.757. The van der Waals surface area contributed by atoms with E-state index in [-0.39, 0.29) is 55.6 Å². The standard InChI is InChI=1S/C38H45F3N2O12/c1-52-34-22-26(13-18-36(48)53-19-20-54-43(50)51)12-17-33(34)55-37(49)24-42-35(47)10-5-3-2-4-9-29-30(32(46)23-31(29)45)16-15-28(44)14-11-25-7-6-8-27(21-25)38(39,40)41/h2,4,6-8,12-13,15-18,21-22,28-32,44-46H,3,5,9-11,14,19-20,23-24H2,1H3,(H,42,47)/b4-2-,16-15+,18-13+/t28-,29+,30+,31-,32+/m0/s1. The van der Waals surface area contributed by atoms with Gasteiger partial charge in [0.05, 0.1) is 31.0 Å². The molecule has 17 heteroatoms. The normalized spacial score (nSPS) is 19.1. The molecule has 300 valence electrons. The average molecular weight is 779 g/mol. The van der Waals surface area contributed by atoms with Gasteiger partial charge in [-0.3, -0.25) is 4.79 Å². The van der Waals surface area contributed by atoms with Gasteiger partial charge >= 0.3 is 18.1 Å². The van der Waals surface area contributed by atoms with Crippen molar-refractivity contribution in [3.8, 4) is 11.5 Å². The summed E-state index contributed by atoms with van der Waals surface area (Å²) in [5, 5.41) is 43.0. The number of benzene rings is 2. The minimum atomic E-state index is -4.45. The van der Waals surface area contributed by atoms with Gasteiger partial charge in [0.15, 0.2) is 11.5 Å². The molecule has 5 atom stereocenters. The number of aliphatic hydroxyl groups is 3. The highest BCUT2D eigenvalue weighted by Gasteiger charge is 2.39. The van der Waals surface area contributed by atoms with Crippen molar-refractivity contribution in [2.45, 2.75) is 69.4 Å². The Balaban J connectivity index is 1.36. The van der Waals surface area contributed by atoms with Crippen LogP contribution >= 0.6 is 0 Å². The third-order valence-corrected chi connectivity index (χ3v) is 8.58. The highest BCUT2D eigenvalue weighted by molar-refractivity contribution is 5.87. The molecule has 0 aliphatic heterocycles. The van der Waals surface area contributed by atoms with Gasteiger partial charge in [-0.15, -0.1) is 10.1 Å². The molecule has 1 fully saturated rings. The number of carbonyl (C=O) groups excluding carboxylic acids is 3. The first-order valence-corrected chi connectivity index (χ1v) is 17.5. The Morgan fingerprint density at radius 3 is 2.58 bits per heavy atom. The van der Waals surface area contributed by atoms with E-state index in [1.54, 1.807) is 12.1 Å². The van der Waals surface area contributed by atoms with Crippen molar-refractivity contribution < 1.29 is 67.0 Å².